The van der Waals surface area contributed by atoms with E-state index in [9.17, 15) is 4.79 Å². The van der Waals surface area contributed by atoms with Gasteiger partial charge >= 0.3 is 0 Å². The second-order valence-electron chi connectivity index (χ2n) is 8.24. The molecule has 2 aromatic heterocycles. The first-order chi connectivity index (χ1) is 16.1. The van der Waals surface area contributed by atoms with Crippen LogP contribution in [-0.4, -0.2) is 46.8 Å². The summed E-state index contributed by atoms with van der Waals surface area (Å²) < 4.78 is 12.8. The number of hydrogen-bond acceptors (Lipinski definition) is 6. The Morgan fingerprint density at radius 3 is 2.64 bits per heavy atom. The summed E-state index contributed by atoms with van der Waals surface area (Å²) in [6, 6.07) is 15.5. The molecule has 1 saturated heterocycles. The van der Waals surface area contributed by atoms with Crippen molar-refractivity contribution in [1.82, 2.24) is 19.9 Å². The highest BCUT2D eigenvalue weighted by Gasteiger charge is 2.25. The summed E-state index contributed by atoms with van der Waals surface area (Å²) in [5.41, 5.74) is 10.7. The van der Waals surface area contributed by atoms with Gasteiger partial charge in [0.1, 0.15) is 22.6 Å². The average Bonchev–Trinajstić information content (AvgIpc) is 3.46. The minimum atomic E-state index is -0.249. The van der Waals surface area contributed by atoms with Gasteiger partial charge in [0.15, 0.2) is 5.65 Å². The topological polar surface area (TPSA) is 104 Å². The predicted octanol–water partition coefficient (Wildman–Crippen LogP) is 3.33. The maximum absolute atomic E-state index is 13.2. The molecule has 1 aliphatic heterocycles. The van der Waals surface area contributed by atoms with Crippen LogP contribution in [0.3, 0.4) is 0 Å². The van der Waals surface area contributed by atoms with Crippen LogP contribution in [0.4, 0.5) is 5.82 Å². The van der Waals surface area contributed by atoms with Crippen molar-refractivity contribution in [2.45, 2.75) is 31.9 Å². The van der Waals surface area contributed by atoms with Gasteiger partial charge in [-0.25, -0.2) is 9.97 Å². The second-order valence-corrected chi connectivity index (χ2v) is 8.24. The maximum atomic E-state index is 13.2. The van der Waals surface area contributed by atoms with Gasteiger partial charge in [0, 0.05) is 19.7 Å². The summed E-state index contributed by atoms with van der Waals surface area (Å²) in [5.74, 6) is 0.937. The molecular weight excluding hydrogens is 418 g/mol. The zero-order valence-corrected chi connectivity index (χ0v) is 18.6. The van der Waals surface area contributed by atoms with E-state index < -0.39 is 0 Å². The number of nitrogens with two attached hydrogens (primary N) is 1. The summed E-state index contributed by atoms with van der Waals surface area (Å²) in [7, 11) is 1.65. The molecule has 0 saturated carbocycles. The smallest absolute Gasteiger partial charge is 0.257 e. The Morgan fingerprint density at radius 2 is 1.94 bits per heavy atom. The quantitative estimate of drug-likeness (QED) is 0.452. The van der Waals surface area contributed by atoms with Crippen LogP contribution < -0.4 is 15.8 Å². The van der Waals surface area contributed by atoms with Gasteiger partial charge in [-0.1, -0.05) is 24.3 Å². The van der Waals surface area contributed by atoms with Gasteiger partial charge in [-0.3, -0.25) is 4.79 Å². The predicted molar refractivity (Wildman–Crippen MR) is 127 cm³/mol. The number of carbonyl (C=O) groups is 1. The number of nitrogen functional groups attached to an aromatic ring is 1. The first-order valence-corrected chi connectivity index (χ1v) is 11.2. The molecule has 33 heavy (non-hydrogen) atoms. The van der Waals surface area contributed by atoms with Gasteiger partial charge in [-0.05, 0) is 49.1 Å². The number of nitrogens with zero attached hydrogens (tertiary/aromatic N) is 3. The fraction of sp³-hybridized carbons (Fsp3) is 0.320. The highest BCUT2D eigenvalue weighted by atomic mass is 16.5. The molecule has 0 aliphatic carbocycles. The van der Waals surface area contributed by atoms with Gasteiger partial charge in [0.05, 0.1) is 24.2 Å². The fourth-order valence-corrected chi connectivity index (χ4v) is 4.30. The van der Waals surface area contributed by atoms with E-state index in [1.165, 1.54) is 0 Å². The summed E-state index contributed by atoms with van der Waals surface area (Å²) in [4.78, 5) is 22.8. The van der Waals surface area contributed by atoms with Gasteiger partial charge in [-0.2, -0.15) is 0 Å². The normalized spacial score (nSPS) is 15.8. The van der Waals surface area contributed by atoms with E-state index in [0.717, 1.165) is 48.2 Å². The highest BCUT2D eigenvalue weighted by molar-refractivity contribution is 6.10. The van der Waals surface area contributed by atoms with E-state index in [-0.39, 0.29) is 12.0 Å². The molecule has 8 heteroatoms. The molecule has 1 amide bonds. The van der Waals surface area contributed by atoms with Crippen molar-refractivity contribution in [3.05, 3.63) is 59.7 Å². The zero-order chi connectivity index (χ0) is 22.8. The maximum Gasteiger partial charge on any atom is 0.257 e. The van der Waals surface area contributed by atoms with Gasteiger partial charge in [0.2, 0.25) is 0 Å². The SMILES string of the molecule is COc1ccc(CCn2c(N)c(C(=O)NC[C@@H]3CCCO3)c3nc4ccccc4nc32)cc1. The monoisotopic (exact) mass is 445 g/mol. The molecule has 1 aliphatic rings. The molecule has 0 bridgehead atoms. The number of fused-ring (bicyclic) bond motifs is 2. The summed E-state index contributed by atoms with van der Waals surface area (Å²) in [6.07, 6.45) is 2.74. The van der Waals surface area contributed by atoms with E-state index in [1.54, 1.807) is 7.11 Å². The summed E-state index contributed by atoms with van der Waals surface area (Å²) in [6.45, 7) is 1.77. The minimum absolute atomic E-state index is 0.0468. The number of hydrogen-bond donors (Lipinski definition) is 2. The molecule has 1 atom stereocenters. The molecule has 3 N–H and O–H groups in total. The van der Waals surface area contributed by atoms with Crippen LogP contribution in [0.25, 0.3) is 22.2 Å². The number of aromatic nitrogens is 3. The van der Waals surface area contributed by atoms with Crippen LogP contribution in [0.2, 0.25) is 0 Å². The van der Waals surface area contributed by atoms with Crippen LogP contribution in [0.5, 0.6) is 5.75 Å². The molecule has 0 unspecified atom stereocenters. The standard InChI is InChI=1S/C25H27N5O3/c1-32-17-10-8-16(9-11-17)12-13-30-23(26)21(25(31)27-15-18-5-4-14-33-18)22-24(30)29-20-7-3-2-6-19(20)28-22/h2-3,6-11,18H,4-5,12-15,26H2,1H3,(H,27,31)/t18-/m0/s1. The molecular formula is C25H27N5O3. The molecule has 0 radical (unpaired) electrons. The van der Waals surface area contributed by atoms with E-state index in [0.29, 0.717) is 35.6 Å². The third-order valence-corrected chi connectivity index (χ3v) is 6.12. The summed E-state index contributed by atoms with van der Waals surface area (Å²) >= 11 is 0. The van der Waals surface area contributed by atoms with Crippen molar-refractivity contribution >= 4 is 33.9 Å². The van der Waals surface area contributed by atoms with Crippen molar-refractivity contribution in [2.75, 3.05) is 26.0 Å². The van der Waals surface area contributed by atoms with Crippen LogP contribution in [-0.2, 0) is 17.7 Å². The Bertz CT molecular complexity index is 1290. The Kier molecular flexibility index (Phi) is 5.83. The van der Waals surface area contributed by atoms with E-state index in [4.69, 9.17) is 25.2 Å². The number of aryl methyl sites for hydroxylation is 2. The Labute approximate surface area is 191 Å². The lowest BCUT2D eigenvalue weighted by Crippen LogP contribution is -2.32. The lowest BCUT2D eigenvalue weighted by molar-refractivity contribution is 0.0859. The lowest BCUT2D eigenvalue weighted by atomic mass is 10.1. The third-order valence-electron chi connectivity index (χ3n) is 6.12. The molecule has 0 spiro atoms. The fourth-order valence-electron chi connectivity index (χ4n) is 4.30. The number of amides is 1. The van der Waals surface area contributed by atoms with Gasteiger partial charge in [-0.15, -0.1) is 0 Å². The van der Waals surface area contributed by atoms with Crippen LogP contribution in [0.15, 0.2) is 48.5 Å². The molecule has 3 heterocycles. The number of para-hydroxylation sites is 2. The van der Waals surface area contributed by atoms with Crippen molar-refractivity contribution < 1.29 is 14.3 Å². The van der Waals surface area contributed by atoms with Crippen LogP contribution in [0, 0.1) is 0 Å². The van der Waals surface area contributed by atoms with Crippen molar-refractivity contribution in [3.63, 3.8) is 0 Å². The Hall–Kier alpha value is -3.65. The van der Waals surface area contributed by atoms with E-state index in [2.05, 4.69) is 5.32 Å². The van der Waals surface area contributed by atoms with Crippen LogP contribution >= 0.6 is 0 Å². The zero-order valence-electron chi connectivity index (χ0n) is 18.6. The first kappa shape index (κ1) is 21.2. The molecule has 1 fully saturated rings. The first-order valence-electron chi connectivity index (χ1n) is 11.2. The van der Waals surface area contributed by atoms with Gasteiger partial charge in [0.25, 0.3) is 5.91 Å². The minimum Gasteiger partial charge on any atom is -0.497 e. The van der Waals surface area contributed by atoms with Crippen molar-refractivity contribution in [2.24, 2.45) is 0 Å². The van der Waals surface area contributed by atoms with Crippen molar-refractivity contribution in [3.8, 4) is 5.75 Å². The number of anilines is 1. The van der Waals surface area contributed by atoms with E-state index >= 15 is 0 Å². The molecule has 5 rings (SSSR count). The Morgan fingerprint density at radius 1 is 1.18 bits per heavy atom. The molecule has 4 aromatic rings. The lowest BCUT2D eigenvalue weighted by Gasteiger charge is -2.11. The number of rotatable bonds is 7. The van der Waals surface area contributed by atoms with Crippen molar-refractivity contribution in [1.29, 1.82) is 0 Å². The highest BCUT2D eigenvalue weighted by Crippen LogP contribution is 2.28. The molecule has 8 nitrogen and oxygen atoms in total. The average molecular weight is 446 g/mol. The number of methoxy groups -OCH3 is 1. The largest absolute Gasteiger partial charge is 0.497 e. The second kappa shape index (κ2) is 9.07. The number of nitrogens with one attached hydrogen (secondary N) is 1. The number of carbonyl (C=O) groups excluding carboxylic acids is 1. The third kappa shape index (κ3) is 4.21. The molecule has 170 valence electrons. The van der Waals surface area contributed by atoms with Crippen LogP contribution in [0.1, 0.15) is 28.8 Å². The number of benzene rings is 2. The van der Waals surface area contributed by atoms with E-state index in [1.807, 2.05) is 53.1 Å². The summed E-state index contributed by atoms with van der Waals surface area (Å²) in [5, 5.41) is 2.98. The van der Waals surface area contributed by atoms with Gasteiger partial charge < -0.3 is 25.1 Å². The molecule has 2 aromatic carbocycles. The number of ether oxygens (including phenoxy) is 2. The Balaban J connectivity index is 1.50.